The van der Waals surface area contributed by atoms with Gasteiger partial charge in [-0.1, -0.05) is 6.92 Å². The van der Waals surface area contributed by atoms with Crippen LogP contribution in [-0.2, 0) is 0 Å². The molecule has 1 unspecified atom stereocenters. The Kier molecular flexibility index (Phi) is 5.15. The van der Waals surface area contributed by atoms with Gasteiger partial charge in [-0.2, -0.15) is 4.98 Å². The summed E-state index contributed by atoms with van der Waals surface area (Å²) < 4.78 is 5.32. The van der Waals surface area contributed by atoms with Crippen molar-refractivity contribution in [2.24, 2.45) is 5.73 Å². The molecule has 0 radical (unpaired) electrons. The van der Waals surface area contributed by atoms with Crippen molar-refractivity contribution in [3.8, 4) is 5.88 Å². The Bertz CT molecular complexity index is 345. The Hall–Kier alpha value is -1.36. The van der Waals surface area contributed by atoms with Crippen molar-refractivity contribution >= 4 is 5.82 Å². The standard InChI is InChI=1S/C12H22N4O/c1-4-12(3,6-7-13)16-10-8-14-9-11(15-10)17-5-2/h8-9H,4-7,13H2,1-3H3,(H,15,16). The molecule has 1 atom stereocenters. The highest BCUT2D eigenvalue weighted by Gasteiger charge is 2.21. The Labute approximate surface area is 103 Å². The van der Waals surface area contributed by atoms with E-state index in [4.69, 9.17) is 10.5 Å². The van der Waals surface area contributed by atoms with Crippen molar-refractivity contribution < 1.29 is 4.74 Å². The molecule has 0 bridgehead atoms. The normalized spacial score (nSPS) is 14.1. The van der Waals surface area contributed by atoms with Crippen LogP contribution in [0.15, 0.2) is 12.4 Å². The first kappa shape index (κ1) is 13.7. The maximum absolute atomic E-state index is 5.62. The Morgan fingerprint density at radius 1 is 1.41 bits per heavy atom. The largest absolute Gasteiger partial charge is 0.477 e. The fourth-order valence-electron chi connectivity index (χ4n) is 1.58. The van der Waals surface area contributed by atoms with Crippen LogP contribution < -0.4 is 15.8 Å². The van der Waals surface area contributed by atoms with Crippen LogP contribution in [0.2, 0.25) is 0 Å². The van der Waals surface area contributed by atoms with Crippen molar-refractivity contribution in [3.63, 3.8) is 0 Å². The molecule has 0 fully saturated rings. The third-order valence-electron chi connectivity index (χ3n) is 2.81. The van der Waals surface area contributed by atoms with Gasteiger partial charge in [0.05, 0.1) is 19.0 Å². The second-order valence-corrected chi connectivity index (χ2v) is 4.25. The summed E-state index contributed by atoms with van der Waals surface area (Å²) in [6.45, 7) is 7.42. The van der Waals surface area contributed by atoms with Crippen LogP contribution in [0, 0.1) is 0 Å². The molecule has 0 aromatic carbocycles. The fourth-order valence-corrected chi connectivity index (χ4v) is 1.58. The van der Waals surface area contributed by atoms with Crippen molar-refractivity contribution in [1.29, 1.82) is 0 Å². The monoisotopic (exact) mass is 238 g/mol. The molecule has 0 saturated heterocycles. The first-order chi connectivity index (χ1) is 8.13. The number of hydrogen-bond donors (Lipinski definition) is 2. The summed E-state index contributed by atoms with van der Waals surface area (Å²) in [5.74, 6) is 1.28. The van der Waals surface area contributed by atoms with E-state index < -0.39 is 0 Å². The number of aromatic nitrogens is 2. The second-order valence-electron chi connectivity index (χ2n) is 4.25. The number of ether oxygens (including phenoxy) is 1. The summed E-state index contributed by atoms with van der Waals surface area (Å²) >= 11 is 0. The van der Waals surface area contributed by atoms with Gasteiger partial charge in [0.25, 0.3) is 0 Å². The highest BCUT2D eigenvalue weighted by Crippen LogP contribution is 2.20. The Morgan fingerprint density at radius 3 is 2.76 bits per heavy atom. The van der Waals surface area contributed by atoms with Crippen molar-refractivity contribution in [2.45, 2.75) is 39.2 Å². The third kappa shape index (κ3) is 4.19. The molecule has 0 amide bonds. The third-order valence-corrected chi connectivity index (χ3v) is 2.81. The van der Waals surface area contributed by atoms with Gasteiger partial charge in [0, 0.05) is 5.54 Å². The summed E-state index contributed by atoms with van der Waals surface area (Å²) in [4.78, 5) is 8.44. The molecule has 3 N–H and O–H groups in total. The molecule has 0 spiro atoms. The minimum absolute atomic E-state index is 0.0474. The van der Waals surface area contributed by atoms with E-state index in [9.17, 15) is 0 Å². The lowest BCUT2D eigenvalue weighted by Gasteiger charge is -2.29. The smallest absolute Gasteiger partial charge is 0.234 e. The number of nitrogens with one attached hydrogen (secondary N) is 1. The van der Waals surface area contributed by atoms with E-state index in [2.05, 4.69) is 29.1 Å². The van der Waals surface area contributed by atoms with Gasteiger partial charge in [0.1, 0.15) is 5.82 Å². The van der Waals surface area contributed by atoms with Gasteiger partial charge in [0.2, 0.25) is 5.88 Å². The molecule has 0 saturated carbocycles. The van der Waals surface area contributed by atoms with E-state index in [-0.39, 0.29) is 5.54 Å². The first-order valence-corrected chi connectivity index (χ1v) is 6.06. The second kappa shape index (κ2) is 6.39. The van der Waals surface area contributed by atoms with Gasteiger partial charge < -0.3 is 15.8 Å². The van der Waals surface area contributed by atoms with Crippen LogP contribution in [0.25, 0.3) is 0 Å². The van der Waals surface area contributed by atoms with Crippen LogP contribution in [0.5, 0.6) is 5.88 Å². The van der Waals surface area contributed by atoms with Crippen LogP contribution >= 0.6 is 0 Å². The molecular formula is C12H22N4O. The Balaban J connectivity index is 2.75. The van der Waals surface area contributed by atoms with E-state index in [0.717, 1.165) is 18.7 Å². The van der Waals surface area contributed by atoms with Gasteiger partial charge in [-0.05, 0) is 33.2 Å². The van der Waals surface area contributed by atoms with E-state index in [1.807, 2.05) is 6.92 Å². The maximum Gasteiger partial charge on any atom is 0.234 e. The number of anilines is 1. The highest BCUT2D eigenvalue weighted by molar-refractivity contribution is 5.36. The zero-order valence-electron chi connectivity index (χ0n) is 10.9. The molecule has 17 heavy (non-hydrogen) atoms. The van der Waals surface area contributed by atoms with Gasteiger partial charge in [-0.15, -0.1) is 0 Å². The number of nitrogens with two attached hydrogens (primary N) is 1. The topological polar surface area (TPSA) is 73.1 Å². The first-order valence-electron chi connectivity index (χ1n) is 6.06. The van der Waals surface area contributed by atoms with E-state index in [0.29, 0.717) is 19.0 Å². The maximum atomic E-state index is 5.62. The molecule has 0 aliphatic rings. The summed E-state index contributed by atoms with van der Waals surface area (Å²) in [6, 6.07) is 0. The lowest BCUT2D eigenvalue weighted by molar-refractivity contribution is 0.325. The molecule has 5 heteroatoms. The number of rotatable bonds is 7. The van der Waals surface area contributed by atoms with E-state index in [1.165, 1.54) is 0 Å². The van der Waals surface area contributed by atoms with Crippen LogP contribution in [0.4, 0.5) is 5.82 Å². The van der Waals surface area contributed by atoms with Gasteiger partial charge in [-0.25, -0.2) is 0 Å². The number of nitrogens with zero attached hydrogens (tertiary/aromatic N) is 2. The minimum Gasteiger partial charge on any atom is -0.477 e. The zero-order valence-corrected chi connectivity index (χ0v) is 10.9. The molecule has 1 heterocycles. The quantitative estimate of drug-likeness (QED) is 0.758. The minimum atomic E-state index is -0.0474. The van der Waals surface area contributed by atoms with Gasteiger partial charge in [0.15, 0.2) is 0 Å². The predicted molar refractivity (Wildman–Crippen MR) is 69.2 cm³/mol. The molecule has 96 valence electrons. The number of hydrogen-bond acceptors (Lipinski definition) is 5. The molecule has 0 aliphatic carbocycles. The molecule has 1 aromatic heterocycles. The van der Waals surface area contributed by atoms with Gasteiger partial charge in [-0.3, -0.25) is 4.98 Å². The van der Waals surface area contributed by atoms with Crippen molar-refractivity contribution in [1.82, 2.24) is 9.97 Å². The molecular weight excluding hydrogens is 216 g/mol. The summed E-state index contributed by atoms with van der Waals surface area (Å²) in [5.41, 5.74) is 5.57. The molecule has 1 rings (SSSR count). The van der Waals surface area contributed by atoms with Crippen LogP contribution in [0.1, 0.15) is 33.6 Å². The zero-order chi connectivity index (χ0) is 12.7. The molecule has 0 aliphatic heterocycles. The average molecular weight is 238 g/mol. The molecule has 1 aromatic rings. The van der Waals surface area contributed by atoms with E-state index in [1.54, 1.807) is 12.4 Å². The van der Waals surface area contributed by atoms with E-state index >= 15 is 0 Å². The Morgan fingerprint density at radius 2 is 2.18 bits per heavy atom. The van der Waals surface area contributed by atoms with Crippen molar-refractivity contribution in [3.05, 3.63) is 12.4 Å². The van der Waals surface area contributed by atoms with Gasteiger partial charge >= 0.3 is 0 Å². The lowest BCUT2D eigenvalue weighted by atomic mass is 9.94. The summed E-state index contributed by atoms with van der Waals surface area (Å²) in [5, 5.41) is 3.37. The SMILES string of the molecule is CCOc1cncc(NC(C)(CC)CCN)n1. The highest BCUT2D eigenvalue weighted by atomic mass is 16.5. The average Bonchev–Trinajstić information content (AvgIpc) is 2.30. The predicted octanol–water partition coefficient (Wildman–Crippen LogP) is 1.80. The lowest BCUT2D eigenvalue weighted by Crippen LogP contribution is -2.36. The fraction of sp³-hybridized carbons (Fsp3) is 0.667. The van der Waals surface area contributed by atoms with Crippen molar-refractivity contribution in [2.75, 3.05) is 18.5 Å². The summed E-state index contributed by atoms with van der Waals surface area (Å²) in [7, 11) is 0. The molecule has 5 nitrogen and oxygen atoms in total. The van der Waals surface area contributed by atoms with Crippen LogP contribution in [-0.4, -0.2) is 28.7 Å². The van der Waals surface area contributed by atoms with Crippen LogP contribution in [0.3, 0.4) is 0 Å². The summed E-state index contributed by atoms with van der Waals surface area (Å²) in [6.07, 6.45) is 5.18.